The Morgan fingerprint density at radius 2 is 1.87 bits per heavy atom. The number of aliphatic hydroxyl groups excluding tert-OH is 1. The summed E-state index contributed by atoms with van der Waals surface area (Å²) in [5.74, 6) is 1.00. The van der Waals surface area contributed by atoms with Crippen molar-refractivity contribution in [3.05, 3.63) is 0 Å². The van der Waals surface area contributed by atoms with Gasteiger partial charge in [0.1, 0.15) is 0 Å². The van der Waals surface area contributed by atoms with Gasteiger partial charge in [-0.15, -0.1) is 0 Å². The molecule has 0 heterocycles. The molecule has 0 aliphatic heterocycles. The summed E-state index contributed by atoms with van der Waals surface area (Å²) in [6.45, 7) is 6.43. The van der Waals surface area contributed by atoms with Crippen LogP contribution in [0.25, 0.3) is 0 Å². The van der Waals surface area contributed by atoms with E-state index in [4.69, 9.17) is 5.11 Å². The van der Waals surface area contributed by atoms with Crippen LogP contribution in [-0.4, -0.2) is 36.2 Å². The first-order valence-electron chi connectivity index (χ1n) is 6.70. The van der Waals surface area contributed by atoms with E-state index in [1.807, 2.05) is 0 Å². The summed E-state index contributed by atoms with van der Waals surface area (Å²) in [4.78, 5) is 2.60. The van der Waals surface area contributed by atoms with E-state index >= 15 is 0 Å². The highest BCUT2D eigenvalue weighted by Crippen LogP contribution is 2.27. The Morgan fingerprint density at radius 1 is 1.13 bits per heavy atom. The molecule has 0 radical (unpaired) electrons. The van der Waals surface area contributed by atoms with Gasteiger partial charge in [0.05, 0.1) is 0 Å². The largest absolute Gasteiger partial charge is 0.396 e. The van der Waals surface area contributed by atoms with E-state index < -0.39 is 0 Å². The third kappa shape index (κ3) is 5.53. The monoisotopic (exact) mass is 213 g/mol. The molecule has 0 unspecified atom stereocenters. The van der Waals surface area contributed by atoms with Gasteiger partial charge in [-0.25, -0.2) is 0 Å². The lowest BCUT2D eigenvalue weighted by Gasteiger charge is -2.31. The van der Waals surface area contributed by atoms with E-state index in [9.17, 15) is 0 Å². The molecule has 1 fully saturated rings. The van der Waals surface area contributed by atoms with Crippen molar-refractivity contribution >= 4 is 0 Å². The Labute approximate surface area is 94.7 Å². The van der Waals surface area contributed by atoms with Gasteiger partial charge in [0.2, 0.25) is 0 Å². The van der Waals surface area contributed by atoms with Crippen LogP contribution in [0.5, 0.6) is 0 Å². The standard InChI is InChI=1S/C13H27NO/c1-2-14(12-13-8-7-9-13)10-5-3-4-6-11-15/h13,15H,2-12H2,1H3. The number of nitrogens with zero attached hydrogens (tertiary/aromatic N) is 1. The summed E-state index contributed by atoms with van der Waals surface area (Å²) in [7, 11) is 0. The lowest BCUT2D eigenvalue weighted by Crippen LogP contribution is -2.33. The maximum atomic E-state index is 8.67. The molecule has 1 aliphatic rings. The first-order chi connectivity index (χ1) is 7.36. The van der Waals surface area contributed by atoms with Crippen molar-refractivity contribution in [3.63, 3.8) is 0 Å². The van der Waals surface area contributed by atoms with Crippen molar-refractivity contribution in [2.75, 3.05) is 26.2 Å². The highest BCUT2D eigenvalue weighted by Gasteiger charge is 2.19. The maximum absolute atomic E-state index is 8.67. The lowest BCUT2D eigenvalue weighted by molar-refractivity contribution is 0.181. The fourth-order valence-corrected chi connectivity index (χ4v) is 2.22. The molecule has 0 bridgehead atoms. The molecule has 0 amide bonds. The molecule has 0 saturated heterocycles. The van der Waals surface area contributed by atoms with Gasteiger partial charge in [-0.1, -0.05) is 26.2 Å². The van der Waals surface area contributed by atoms with Crippen molar-refractivity contribution in [2.24, 2.45) is 5.92 Å². The summed E-state index contributed by atoms with van der Waals surface area (Å²) in [6.07, 6.45) is 9.13. The Hall–Kier alpha value is -0.0800. The molecule has 1 rings (SSSR count). The summed E-state index contributed by atoms with van der Waals surface area (Å²) >= 11 is 0. The van der Waals surface area contributed by atoms with Crippen LogP contribution in [0.2, 0.25) is 0 Å². The van der Waals surface area contributed by atoms with Gasteiger partial charge >= 0.3 is 0 Å². The van der Waals surface area contributed by atoms with Crippen LogP contribution >= 0.6 is 0 Å². The molecule has 90 valence electrons. The number of rotatable bonds is 9. The number of hydrogen-bond acceptors (Lipinski definition) is 2. The summed E-state index contributed by atoms with van der Waals surface area (Å²) < 4.78 is 0. The fraction of sp³-hybridized carbons (Fsp3) is 1.00. The van der Waals surface area contributed by atoms with Crippen LogP contribution < -0.4 is 0 Å². The molecule has 2 nitrogen and oxygen atoms in total. The predicted octanol–water partition coefficient (Wildman–Crippen LogP) is 2.66. The maximum Gasteiger partial charge on any atom is 0.0431 e. The van der Waals surface area contributed by atoms with Crippen LogP contribution in [-0.2, 0) is 0 Å². The van der Waals surface area contributed by atoms with Gasteiger partial charge in [0, 0.05) is 13.2 Å². The van der Waals surface area contributed by atoms with Crippen molar-refractivity contribution in [2.45, 2.75) is 51.9 Å². The zero-order valence-electron chi connectivity index (χ0n) is 10.2. The second-order valence-corrected chi connectivity index (χ2v) is 4.83. The minimum absolute atomic E-state index is 0.361. The third-order valence-corrected chi connectivity index (χ3v) is 3.57. The molecule has 0 spiro atoms. The van der Waals surface area contributed by atoms with Crippen molar-refractivity contribution in [3.8, 4) is 0 Å². The molecule has 2 heteroatoms. The Balaban J connectivity index is 1.95. The molecule has 15 heavy (non-hydrogen) atoms. The van der Waals surface area contributed by atoms with Gasteiger partial charge in [0.25, 0.3) is 0 Å². The molecule has 0 atom stereocenters. The second-order valence-electron chi connectivity index (χ2n) is 4.83. The molecule has 0 aromatic carbocycles. The van der Waals surface area contributed by atoms with Gasteiger partial charge in [0.15, 0.2) is 0 Å². The normalized spacial score (nSPS) is 17.0. The highest BCUT2D eigenvalue weighted by atomic mass is 16.2. The Morgan fingerprint density at radius 3 is 2.40 bits per heavy atom. The number of unbranched alkanes of at least 4 members (excludes halogenated alkanes) is 3. The van der Waals surface area contributed by atoms with E-state index in [-0.39, 0.29) is 0 Å². The molecule has 1 saturated carbocycles. The average Bonchev–Trinajstić information content (AvgIpc) is 2.19. The molecule has 1 aliphatic carbocycles. The first kappa shape index (κ1) is 13.0. The highest BCUT2D eigenvalue weighted by molar-refractivity contribution is 4.73. The minimum Gasteiger partial charge on any atom is -0.396 e. The zero-order chi connectivity index (χ0) is 10.9. The lowest BCUT2D eigenvalue weighted by atomic mass is 9.85. The van der Waals surface area contributed by atoms with E-state index in [0.717, 1.165) is 12.3 Å². The molecular formula is C13H27NO. The van der Waals surface area contributed by atoms with Crippen LogP contribution in [0.4, 0.5) is 0 Å². The average molecular weight is 213 g/mol. The van der Waals surface area contributed by atoms with E-state index in [1.54, 1.807) is 0 Å². The van der Waals surface area contributed by atoms with Gasteiger partial charge in [-0.2, -0.15) is 0 Å². The predicted molar refractivity (Wildman–Crippen MR) is 65.0 cm³/mol. The van der Waals surface area contributed by atoms with E-state index in [1.165, 1.54) is 58.2 Å². The smallest absolute Gasteiger partial charge is 0.0431 e. The number of aliphatic hydroxyl groups is 1. The van der Waals surface area contributed by atoms with E-state index in [2.05, 4.69) is 11.8 Å². The van der Waals surface area contributed by atoms with Crippen LogP contribution in [0.1, 0.15) is 51.9 Å². The third-order valence-electron chi connectivity index (χ3n) is 3.57. The summed E-state index contributed by atoms with van der Waals surface area (Å²) in [5.41, 5.74) is 0. The quantitative estimate of drug-likeness (QED) is 0.595. The van der Waals surface area contributed by atoms with Crippen LogP contribution in [0.3, 0.4) is 0 Å². The Kier molecular flexibility index (Phi) is 7.03. The molecule has 1 N–H and O–H groups in total. The summed E-state index contributed by atoms with van der Waals surface area (Å²) in [6, 6.07) is 0. The molecule has 0 aromatic rings. The van der Waals surface area contributed by atoms with Crippen LogP contribution in [0, 0.1) is 5.92 Å². The van der Waals surface area contributed by atoms with Gasteiger partial charge in [-0.3, -0.25) is 0 Å². The second kappa shape index (κ2) is 8.12. The van der Waals surface area contributed by atoms with Gasteiger partial charge < -0.3 is 10.0 Å². The molecular weight excluding hydrogens is 186 g/mol. The first-order valence-corrected chi connectivity index (χ1v) is 6.70. The van der Waals surface area contributed by atoms with Crippen LogP contribution in [0.15, 0.2) is 0 Å². The number of hydrogen-bond donors (Lipinski definition) is 1. The Bertz CT molecular complexity index is 145. The topological polar surface area (TPSA) is 23.5 Å². The van der Waals surface area contributed by atoms with Gasteiger partial charge in [-0.05, 0) is 44.7 Å². The van der Waals surface area contributed by atoms with Crippen molar-refractivity contribution in [1.82, 2.24) is 4.90 Å². The SMILES string of the molecule is CCN(CCCCCCO)CC1CCC1. The van der Waals surface area contributed by atoms with E-state index in [0.29, 0.717) is 6.61 Å². The van der Waals surface area contributed by atoms with Crippen molar-refractivity contribution in [1.29, 1.82) is 0 Å². The molecule has 0 aromatic heterocycles. The summed E-state index contributed by atoms with van der Waals surface area (Å²) in [5, 5.41) is 8.67. The van der Waals surface area contributed by atoms with Crippen molar-refractivity contribution < 1.29 is 5.11 Å². The fourth-order valence-electron chi connectivity index (χ4n) is 2.22. The minimum atomic E-state index is 0.361. The zero-order valence-corrected chi connectivity index (χ0v) is 10.2.